The maximum Gasteiger partial charge on any atom is 0.283 e. The number of thioether (sulfide) groups is 1. The highest BCUT2D eigenvalue weighted by Gasteiger charge is 2.33. The van der Waals surface area contributed by atoms with E-state index in [1.165, 1.54) is 11.8 Å². The van der Waals surface area contributed by atoms with Crippen molar-refractivity contribution >= 4 is 57.5 Å². The first-order valence-corrected chi connectivity index (χ1v) is 9.94. The first-order chi connectivity index (χ1) is 12.0. The van der Waals surface area contributed by atoms with Crippen molar-refractivity contribution in [2.45, 2.75) is 13.8 Å². The van der Waals surface area contributed by atoms with Gasteiger partial charge in [0.05, 0.1) is 12.8 Å². The van der Waals surface area contributed by atoms with Gasteiger partial charge in [0.15, 0.2) is 5.17 Å². The van der Waals surface area contributed by atoms with Gasteiger partial charge in [-0.1, -0.05) is 30.3 Å². The average molecular weight is 393 g/mol. The van der Waals surface area contributed by atoms with Crippen LogP contribution in [0.15, 0.2) is 40.3 Å². The number of thiophene rings is 1. The minimum Gasteiger partial charge on any atom is -0.495 e. The van der Waals surface area contributed by atoms with Gasteiger partial charge < -0.3 is 4.74 Å². The van der Waals surface area contributed by atoms with Crippen LogP contribution in [0.1, 0.15) is 17.4 Å². The molecule has 0 radical (unpaired) electrons. The summed E-state index contributed by atoms with van der Waals surface area (Å²) in [5.74, 6) is 1.21. The van der Waals surface area contributed by atoms with E-state index in [1.807, 2.05) is 31.4 Å². The molecule has 2 aromatic rings. The number of hydrogen-bond donors (Lipinski definition) is 0. The van der Waals surface area contributed by atoms with Crippen molar-refractivity contribution in [3.05, 3.63) is 50.8 Å². The molecule has 0 spiro atoms. The molecule has 1 aliphatic rings. The van der Waals surface area contributed by atoms with Gasteiger partial charge in [-0.05, 0) is 54.0 Å². The molecule has 7 heteroatoms. The molecular weight excluding hydrogens is 376 g/mol. The molecule has 1 aliphatic heterocycles. The molecule has 0 N–H and O–H groups in total. The molecule has 4 nitrogen and oxygen atoms in total. The lowest BCUT2D eigenvalue weighted by atomic mass is 10.2. The number of ether oxygens (including phenoxy) is 1. The number of anilines is 1. The standard InChI is InChI=1S/C18H17ClN2O2S2/c1-4-24-18-20-13(10-16-11(2)7-8-25-16)17(22)21(18)14-9-12(19)5-6-15(14)23-3/h5-10H,4H2,1-3H3/b13-10-. The summed E-state index contributed by atoms with van der Waals surface area (Å²) in [7, 11) is 1.57. The molecule has 0 atom stereocenters. The topological polar surface area (TPSA) is 41.9 Å². The van der Waals surface area contributed by atoms with E-state index in [9.17, 15) is 4.79 Å². The van der Waals surface area contributed by atoms with Crippen LogP contribution in [0.4, 0.5) is 5.69 Å². The molecule has 0 saturated carbocycles. The van der Waals surface area contributed by atoms with Gasteiger partial charge in [-0.25, -0.2) is 9.89 Å². The second kappa shape index (κ2) is 7.64. The molecule has 130 valence electrons. The highest BCUT2D eigenvalue weighted by molar-refractivity contribution is 8.14. The number of amidine groups is 1. The van der Waals surface area contributed by atoms with Gasteiger partial charge in [0.25, 0.3) is 5.91 Å². The summed E-state index contributed by atoms with van der Waals surface area (Å²) in [6.45, 7) is 4.04. The summed E-state index contributed by atoms with van der Waals surface area (Å²) >= 11 is 9.25. The number of carbonyl (C=O) groups is 1. The molecular formula is C18H17ClN2O2S2. The Balaban J connectivity index is 2.07. The number of amides is 1. The summed E-state index contributed by atoms with van der Waals surface area (Å²) < 4.78 is 5.41. The second-order valence-electron chi connectivity index (χ2n) is 5.28. The van der Waals surface area contributed by atoms with Crippen LogP contribution in [0.25, 0.3) is 6.08 Å². The molecule has 0 unspecified atom stereocenters. The normalized spacial score (nSPS) is 15.8. The quantitative estimate of drug-likeness (QED) is 0.670. The van der Waals surface area contributed by atoms with Crippen molar-refractivity contribution in [3.8, 4) is 5.75 Å². The van der Waals surface area contributed by atoms with E-state index in [4.69, 9.17) is 16.3 Å². The van der Waals surface area contributed by atoms with Gasteiger partial charge in [0.2, 0.25) is 0 Å². The molecule has 1 aromatic heterocycles. The second-order valence-corrected chi connectivity index (χ2v) is 7.90. The third-order valence-electron chi connectivity index (χ3n) is 3.65. The molecule has 0 aliphatic carbocycles. The predicted octanol–water partition coefficient (Wildman–Crippen LogP) is 5.22. The van der Waals surface area contributed by atoms with Gasteiger partial charge in [0.1, 0.15) is 11.4 Å². The SMILES string of the molecule is CCSC1=N/C(=C\c2sccc2C)C(=O)N1c1cc(Cl)ccc1OC. The van der Waals surface area contributed by atoms with Gasteiger partial charge >= 0.3 is 0 Å². The van der Waals surface area contributed by atoms with E-state index >= 15 is 0 Å². The molecule has 2 heterocycles. The van der Waals surface area contributed by atoms with Gasteiger partial charge in [-0.3, -0.25) is 4.79 Å². The first-order valence-electron chi connectivity index (χ1n) is 7.70. The third-order valence-corrected chi connectivity index (χ3v) is 5.68. The monoisotopic (exact) mass is 392 g/mol. The Labute approximate surface area is 160 Å². The van der Waals surface area contributed by atoms with E-state index in [0.717, 1.165) is 16.2 Å². The number of carbonyl (C=O) groups excluding carboxylic acids is 1. The largest absolute Gasteiger partial charge is 0.495 e. The Kier molecular flexibility index (Phi) is 5.51. The lowest BCUT2D eigenvalue weighted by Crippen LogP contribution is -2.30. The molecule has 1 amide bonds. The predicted molar refractivity (Wildman–Crippen MR) is 108 cm³/mol. The number of hydrogen-bond acceptors (Lipinski definition) is 5. The minimum absolute atomic E-state index is 0.177. The Morgan fingerprint density at radius 1 is 1.40 bits per heavy atom. The molecule has 0 fully saturated rings. The van der Waals surface area contributed by atoms with Crippen LogP contribution in [0, 0.1) is 6.92 Å². The summed E-state index contributed by atoms with van der Waals surface area (Å²) in [5.41, 5.74) is 2.15. The smallest absolute Gasteiger partial charge is 0.283 e. The van der Waals surface area contributed by atoms with Crippen LogP contribution in [0.3, 0.4) is 0 Å². The fourth-order valence-electron chi connectivity index (χ4n) is 2.43. The number of methoxy groups -OCH3 is 1. The van der Waals surface area contributed by atoms with Crippen molar-refractivity contribution in [2.24, 2.45) is 4.99 Å². The van der Waals surface area contributed by atoms with Crippen molar-refractivity contribution < 1.29 is 9.53 Å². The Morgan fingerprint density at radius 2 is 2.20 bits per heavy atom. The van der Waals surface area contributed by atoms with Crippen LogP contribution in [0.2, 0.25) is 5.02 Å². The summed E-state index contributed by atoms with van der Waals surface area (Å²) in [4.78, 5) is 20.2. The van der Waals surface area contributed by atoms with Crippen molar-refractivity contribution in [1.29, 1.82) is 0 Å². The van der Waals surface area contributed by atoms with Gasteiger partial charge in [0, 0.05) is 9.90 Å². The highest BCUT2D eigenvalue weighted by atomic mass is 35.5. The number of halogens is 1. The minimum atomic E-state index is -0.177. The number of rotatable bonds is 4. The van der Waals surface area contributed by atoms with Crippen LogP contribution < -0.4 is 9.64 Å². The Bertz CT molecular complexity index is 874. The first kappa shape index (κ1) is 18.0. The lowest BCUT2D eigenvalue weighted by molar-refractivity contribution is -0.113. The molecule has 0 bridgehead atoms. The maximum atomic E-state index is 13.0. The van der Waals surface area contributed by atoms with Crippen LogP contribution >= 0.6 is 34.7 Å². The zero-order chi connectivity index (χ0) is 18.0. The Morgan fingerprint density at radius 3 is 2.84 bits per heavy atom. The third kappa shape index (κ3) is 3.61. The lowest BCUT2D eigenvalue weighted by Gasteiger charge is -2.20. The zero-order valence-corrected chi connectivity index (χ0v) is 16.5. The average Bonchev–Trinajstić information content (AvgIpc) is 3.12. The molecule has 1 aromatic carbocycles. The van der Waals surface area contributed by atoms with Crippen LogP contribution in [0.5, 0.6) is 5.75 Å². The maximum absolute atomic E-state index is 13.0. The summed E-state index contributed by atoms with van der Waals surface area (Å²) in [6, 6.07) is 7.24. The number of aliphatic imine (C=N–C) groups is 1. The molecule has 3 rings (SSSR count). The van der Waals surface area contributed by atoms with Crippen molar-refractivity contribution in [3.63, 3.8) is 0 Å². The van der Waals surface area contributed by atoms with Crippen LogP contribution in [-0.2, 0) is 4.79 Å². The van der Waals surface area contributed by atoms with Crippen molar-refractivity contribution in [1.82, 2.24) is 0 Å². The van der Waals surface area contributed by atoms with Crippen LogP contribution in [-0.4, -0.2) is 23.9 Å². The zero-order valence-electron chi connectivity index (χ0n) is 14.1. The summed E-state index contributed by atoms with van der Waals surface area (Å²) in [6.07, 6.45) is 1.84. The van der Waals surface area contributed by atoms with E-state index in [2.05, 4.69) is 4.99 Å². The number of nitrogens with zero attached hydrogens (tertiary/aromatic N) is 2. The molecule has 25 heavy (non-hydrogen) atoms. The van der Waals surface area contributed by atoms with Gasteiger partial charge in [-0.15, -0.1) is 11.3 Å². The van der Waals surface area contributed by atoms with Gasteiger partial charge in [-0.2, -0.15) is 0 Å². The van der Waals surface area contributed by atoms with Crippen molar-refractivity contribution in [2.75, 3.05) is 17.8 Å². The van der Waals surface area contributed by atoms with E-state index in [0.29, 0.717) is 27.3 Å². The van der Waals surface area contributed by atoms with E-state index in [-0.39, 0.29) is 5.91 Å². The number of benzene rings is 1. The molecule has 0 saturated heterocycles. The summed E-state index contributed by atoms with van der Waals surface area (Å²) in [5, 5.41) is 3.18. The highest BCUT2D eigenvalue weighted by Crippen LogP contribution is 2.37. The van der Waals surface area contributed by atoms with E-state index in [1.54, 1.807) is 41.5 Å². The Hall–Kier alpha value is -1.76. The van der Waals surface area contributed by atoms with E-state index < -0.39 is 0 Å². The fraction of sp³-hybridized carbons (Fsp3) is 0.222. The number of aryl methyl sites for hydroxylation is 1. The fourth-order valence-corrected chi connectivity index (χ4v) is 4.18.